The van der Waals surface area contributed by atoms with Crippen molar-refractivity contribution in [3.05, 3.63) is 34.6 Å². The third-order valence-electron chi connectivity index (χ3n) is 3.05. The van der Waals surface area contributed by atoms with Gasteiger partial charge in [0, 0.05) is 13.2 Å². The largest absolute Gasteiger partial charge is 0.396 e. The van der Waals surface area contributed by atoms with Crippen molar-refractivity contribution in [3.8, 4) is 0 Å². The highest BCUT2D eigenvalue weighted by atomic mass is 32.2. The zero-order chi connectivity index (χ0) is 15.4. The number of aliphatic hydroxyl groups is 1. The fourth-order valence-electron chi connectivity index (χ4n) is 1.88. The van der Waals surface area contributed by atoms with Crippen molar-refractivity contribution in [2.24, 2.45) is 5.73 Å². The number of amides is 1. The summed E-state index contributed by atoms with van der Waals surface area (Å²) in [5.74, 6) is -0.462. The maximum absolute atomic E-state index is 12.5. The number of primary amides is 1. The molecule has 1 amide bonds. The highest BCUT2D eigenvalue weighted by Gasteiger charge is 2.17. The van der Waals surface area contributed by atoms with Gasteiger partial charge in [0.1, 0.15) is 0 Å². The Bertz CT molecular complexity index is 714. The van der Waals surface area contributed by atoms with Gasteiger partial charge >= 0.3 is 0 Å². The van der Waals surface area contributed by atoms with Crippen LogP contribution in [0.4, 0.5) is 0 Å². The van der Waals surface area contributed by atoms with Gasteiger partial charge in [-0.15, -0.1) is 0 Å². The Hall–Kier alpha value is -1.86. The molecule has 7 heteroatoms. The molecule has 0 aliphatic rings. The molecule has 1 heterocycles. The molecule has 0 aliphatic heterocycles. The molecule has 0 saturated heterocycles. The molecule has 6 nitrogen and oxygen atoms in total. The summed E-state index contributed by atoms with van der Waals surface area (Å²) in [6, 6.07) is 7.05. The second kappa shape index (κ2) is 6.73. The Morgan fingerprint density at radius 3 is 2.86 bits per heavy atom. The third-order valence-corrected chi connectivity index (χ3v) is 4.16. The van der Waals surface area contributed by atoms with Crippen LogP contribution in [0.1, 0.15) is 13.3 Å². The summed E-state index contributed by atoms with van der Waals surface area (Å²) in [6.45, 7) is 2.00. The van der Waals surface area contributed by atoms with Crippen molar-refractivity contribution in [1.29, 1.82) is 0 Å². The maximum atomic E-state index is 12.5. The molecule has 3 N–H and O–H groups in total. The van der Waals surface area contributed by atoms with E-state index < -0.39 is 11.2 Å². The number of hydrogen-bond donors (Lipinski definition) is 2. The Balaban J connectivity index is 2.54. The van der Waals surface area contributed by atoms with Gasteiger partial charge in [-0.05, 0) is 25.5 Å². The van der Waals surface area contributed by atoms with Crippen LogP contribution in [-0.2, 0) is 11.3 Å². The molecule has 21 heavy (non-hydrogen) atoms. The number of nitrogens with zero attached hydrogens (tertiary/aromatic N) is 2. The van der Waals surface area contributed by atoms with Gasteiger partial charge < -0.3 is 10.8 Å². The number of thioether (sulfide) groups is 1. The van der Waals surface area contributed by atoms with E-state index in [1.165, 1.54) is 4.57 Å². The van der Waals surface area contributed by atoms with Gasteiger partial charge in [-0.2, -0.15) is 0 Å². The van der Waals surface area contributed by atoms with Gasteiger partial charge in [0.05, 0.1) is 16.2 Å². The van der Waals surface area contributed by atoms with Crippen LogP contribution >= 0.6 is 11.8 Å². The molecule has 1 atom stereocenters. The van der Waals surface area contributed by atoms with Crippen LogP contribution < -0.4 is 11.3 Å². The van der Waals surface area contributed by atoms with Crippen molar-refractivity contribution in [2.45, 2.75) is 30.3 Å². The van der Waals surface area contributed by atoms with Gasteiger partial charge in [-0.1, -0.05) is 23.9 Å². The Kier molecular flexibility index (Phi) is 4.98. The predicted octanol–water partition coefficient (Wildman–Crippen LogP) is 0.745. The van der Waals surface area contributed by atoms with Gasteiger partial charge in [0.2, 0.25) is 5.91 Å². The number of benzene rings is 1. The van der Waals surface area contributed by atoms with E-state index in [-0.39, 0.29) is 12.2 Å². The van der Waals surface area contributed by atoms with E-state index >= 15 is 0 Å². The van der Waals surface area contributed by atoms with Crippen molar-refractivity contribution >= 4 is 28.6 Å². The minimum atomic E-state index is -0.488. The van der Waals surface area contributed by atoms with Crippen molar-refractivity contribution < 1.29 is 9.90 Å². The van der Waals surface area contributed by atoms with Crippen LogP contribution in [0.3, 0.4) is 0 Å². The molecule has 0 unspecified atom stereocenters. The molecule has 112 valence electrons. The first-order valence-electron chi connectivity index (χ1n) is 6.61. The topological polar surface area (TPSA) is 98.2 Å². The summed E-state index contributed by atoms with van der Waals surface area (Å²) in [4.78, 5) is 28.2. The summed E-state index contributed by atoms with van der Waals surface area (Å²) < 4.78 is 1.49. The lowest BCUT2D eigenvalue weighted by atomic mass is 10.2. The number of hydrogen-bond acceptors (Lipinski definition) is 5. The van der Waals surface area contributed by atoms with E-state index in [1.54, 1.807) is 31.2 Å². The molecular weight excluding hydrogens is 290 g/mol. The second-order valence-corrected chi connectivity index (χ2v) is 5.92. The first-order chi connectivity index (χ1) is 10.0. The van der Waals surface area contributed by atoms with Crippen molar-refractivity contribution in [2.75, 3.05) is 6.61 Å². The number of aromatic nitrogens is 2. The normalized spacial score (nSPS) is 12.5. The zero-order valence-corrected chi connectivity index (χ0v) is 12.5. The Morgan fingerprint density at radius 2 is 2.19 bits per heavy atom. The molecule has 2 aromatic rings. The summed E-state index contributed by atoms with van der Waals surface area (Å²) >= 11 is 1.15. The summed E-state index contributed by atoms with van der Waals surface area (Å²) in [7, 11) is 0. The lowest BCUT2D eigenvalue weighted by molar-refractivity contribution is -0.117. The summed E-state index contributed by atoms with van der Waals surface area (Å²) in [5.41, 5.74) is 5.68. The monoisotopic (exact) mass is 307 g/mol. The smallest absolute Gasteiger partial charge is 0.262 e. The minimum absolute atomic E-state index is 0.0191. The molecular formula is C14H17N3O3S. The van der Waals surface area contributed by atoms with Gasteiger partial charge in [0.25, 0.3) is 5.56 Å². The average molecular weight is 307 g/mol. The van der Waals surface area contributed by atoms with Crippen LogP contribution in [0.5, 0.6) is 0 Å². The molecule has 0 fully saturated rings. The zero-order valence-electron chi connectivity index (χ0n) is 11.7. The first kappa shape index (κ1) is 15.5. The summed E-state index contributed by atoms with van der Waals surface area (Å²) in [6.07, 6.45) is 0.443. The second-order valence-electron chi connectivity index (χ2n) is 4.61. The van der Waals surface area contributed by atoms with Gasteiger partial charge in [-0.3, -0.25) is 14.2 Å². The van der Waals surface area contributed by atoms with Crippen LogP contribution in [0.15, 0.2) is 34.2 Å². The molecule has 2 rings (SSSR count). The van der Waals surface area contributed by atoms with Crippen LogP contribution in [0.25, 0.3) is 10.9 Å². The number of carbonyl (C=O) groups is 1. The van der Waals surface area contributed by atoms with Crippen LogP contribution in [0.2, 0.25) is 0 Å². The van der Waals surface area contributed by atoms with E-state index in [2.05, 4.69) is 4.98 Å². The van der Waals surface area contributed by atoms with Gasteiger partial charge in [-0.25, -0.2) is 4.98 Å². The number of nitrogens with two attached hydrogens (primary N) is 1. The van der Waals surface area contributed by atoms with Crippen molar-refractivity contribution in [3.63, 3.8) is 0 Å². The molecule has 1 aromatic carbocycles. The first-order valence-corrected chi connectivity index (χ1v) is 7.49. The van der Waals surface area contributed by atoms with Crippen LogP contribution in [-0.4, -0.2) is 32.4 Å². The molecule has 0 radical (unpaired) electrons. The molecule has 0 bridgehead atoms. The Morgan fingerprint density at radius 1 is 1.48 bits per heavy atom. The van der Waals surface area contributed by atoms with E-state index in [9.17, 15) is 9.59 Å². The maximum Gasteiger partial charge on any atom is 0.262 e. The number of rotatable bonds is 6. The SMILES string of the molecule is C[C@@H](Sc1nc2ccccc2c(=O)n1CCCO)C(N)=O. The molecule has 1 aromatic heterocycles. The van der Waals surface area contributed by atoms with Crippen molar-refractivity contribution in [1.82, 2.24) is 9.55 Å². The van der Waals surface area contributed by atoms with E-state index in [0.29, 0.717) is 29.0 Å². The highest BCUT2D eigenvalue weighted by molar-refractivity contribution is 8.00. The number of carbonyl (C=O) groups excluding carboxylic acids is 1. The Labute approximate surface area is 126 Å². The molecule has 0 spiro atoms. The predicted molar refractivity (Wildman–Crippen MR) is 82.2 cm³/mol. The lowest BCUT2D eigenvalue weighted by Crippen LogP contribution is -2.27. The number of para-hydroxylation sites is 1. The third kappa shape index (κ3) is 3.43. The number of aliphatic hydroxyl groups excluding tert-OH is 1. The fraction of sp³-hybridized carbons (Fsp3) is 0.357. The highest BCUT2D eigenvalue weighted by Crippen LogP contribution is 2.22. The van der Waals surface area contributed by atoms with E-state index in [0.717, 1.165) is 11.8 Å². The summed E-state index contributed by atoms with van der Waals surface area (Å²) in [5, 5.41) is 9.45. The van der Waals surface area contributed by atoms with E-state index in [4.69, 9.17) is 10.8 Å². The minimum Gasteiger partial charge on any atom is -0.396 e. The number of fused-ring (bicyclic) bond motifs is 1. The van der Waals surface area contributed by atoms with Gasteiger partial charge in [0.15, 0.2) is 5.16 Å². The van der Waals surface area contributed by atoms with Crippen LogP contribution in [0, 0.1) is 0 Å². The van der Waals surface area contributed by atoms with E-state index in [1.807, 2.05) is 0 Å². The quantitative estimate of drug-likeness (QED) is 0.606. The fourth-order valence-corrected chi connectivity index (χ4v) is 2.76. The standard InChI is InChI=1S/C14H17N3O3S/c1-9(12(15)19)21-14-16-11-6-3-2-5-10(11)13(20)17(14)7-4-8-18/h2-3,5-6,9,18H,4,7-8H2,1H3,(H2,15,19)/t9-/m1/s1. The molecule has 0 saturated carbocycles. The average Bonchev–Trinajstić information content (AvgIpc) is 2.47. The lowest BCUT2D eigenvalue weighted by Gasteiger charge is -2.14. The molecule has 0 aliphatic carbocycles.